The minimum atomic E-state index is -0.365. The maximum absolute atomic E-state index is 12.0. The molecule has 3 N–H and O–H groups in total. The number of benzene rings is 2. The van der Waals surface area contributed by atoms with Gasteiger partial charge in [0, 0.05) is 5.69 Å². The number of hydrazine groups is 1. The maximum atomic E-state index is 12.0. The molecule has 2 rings (SSSR count). The summed E-state index contributed by atoms with van der Waals surface area (Å²) in [6.07, 6.45) is 0.534. The van der Waals surface area contributed by atoms with Gasteiger partial charge in [-0.3, -0.25) is 15.6 Å². The van der Waals surface area contributed by atoms with Gasteiger partial charge in [0.15, 0.2) is 0 Å². The second-order valence-corrected chi connectivity index (χ2v) is 4.44. The van der Waals surface area contributed by atoms with Gasteiger partial charge in [-0.25, -0.2) is 9.10 Å². The molecule has 0 fully saturated rings. The van der Waals surface area contributed by atoms with Crippen LogP contribution in [-0.4, -0.2) is 12.4 Å². The SMILES string of the molecule is O=CNNc1ccc(N(S)C(=O)Nc2ccccc2)cc1. The number of rotatable bonds is 5. The van der Waals surface area contributed by atoms with Gasteiger partial charge in [-0.05, 0) is 36.4 Å². The largest absolute Gasteiger partial charge is 0.336 e. The summed E-state index contributed by atoms with van der Waals surface area (Å²) in [5, 5.41) is 2.73. The van der Waals surface area contributed by atoms with Gasteiger partial charge in [0.2, 0.25) is 6.41 Å². The van der Waals surface area contributed by atoms with E-state index in [0.29, 0.717) is 23.5 Å². The smallest absolute Gasteiger partial charge is 0.307 e. The van der Waals surface area contributed by atoms with Gasteiger partial charge < -0.3 is 5.32 Å². The van der Waals surface area contributed by atoms with Crippen LogP contribution in [0.15, 0.2) is 54.6 Å². The number of nitrogens with one attached hydrogen (secondary N) is 3. The average Bonchev–Trinajstić information content (AvgIpc) is 2.53. The summed E-state index contributed by atoms with van der Waals surface area (Å²) in [6, 6.07) is 15.6. The fourth-order valence-electron chi connectivity index (χ4n) is 1.61. The van der Waals surface area contributed by atoms with E-state index in [1.165, 1.54) is 4.31 Å². The van der Waals surface area contributed by atoms with Crippen molar-refractivity contribution in [3.63, 3.8) is 0 Å². The predicted octanol–water partition coefficient (Wildman–Crippen LogP) is 2.64. The Morgan fingerprint density at radius 2 is 1.67 bits per heavy atom. The Labute approximate surface area is 127 Å². The average molecular weight is 302 g/mol. The van der Waals surface area contributed by atoms with Crippen LogP contribution in [0.1, 0.15) is 0 Å². The third-order valence-corrected chi connectivity index (χ3v) is 3.02. The van der Waals surface area contributed by atoms with Gasteiger partial charge >= 0.3 is 6.03 Å². The molecule has 7 heteroatoms. The molecule has 0 aliphatic carbocycles. The number of anilines is 3. The number of amides is 3. The standard InChI is InChI=1S/C14H14N4O2S/c19-10-15-17-12-6-8-13(9-7-12)18(21)14(20)16-11-4-2-1-3-5-11/h1-10,17,21H,(H,15,19)(H,16,20). The van der Waals surface area contributed by atoms with Crippen LogP contribution in [0.3, 0.4) is 0 Å². The van der Waals surface area contributed by atoms with Gasteiger partial charge in [-0.2, -0.15) is 0 Å². The molecular weight excluding hydrogens is 288 g/mol. The number of carbonyl (C=O) groups is 2. The zero-order valence-electron chi connectivity index (χ0n) is 11.0. The number of para-hydroxylation sites is 1. The Balaban J connectivity index is 2.00. The molecule has 0 unspecified atom stereocenters. The minimum absolute atomic E-state index is 0.365. The number of thiol groups is 1. The van der Waals surface area contributed by atoms with Crippen molar-refractivity contribution < 1.29 is 9.59 Å². The molecule has 0 heterocycles. The van der Waals surface area contributed by atoms with Crippen molar-refractivity contribution in [1.82, 2.24) is 5.43 Å². The monoisotopic (exact) mass is 302 g/mol. The van der Waals surface area contributed by atoms with Gasteiger partial charge in [0.25, 0.3) is 0 Å². The molecule has 6 nitrogen and oxygen atoms in total. The Hall–Kier alpha value is -2.67. The van der Waals surface area contributed by atoms with E-state index in [-0.39, 0.29) is 6.03 Å². The van der Waals surface area contributed by atoms with Crippen LogP contribution in [-0.2, 0) is 4.79 Å². The number of urea groups is 1. The van der Waals surface area contributed by atoms with E-state index < -0.39 is 0 Å². The van der Waals surface area contributed by atoms with Crippen LogP contribution in [0.2, 0.25) is 0 Å². The van der Waals surface area contributed by atoms with Crippen molar-refractivity contribution >= 4 is 42.3 Å². The van der Waals surface area contributed by atoms with Crippen molar-refractivity contribution in [3.8, 4) is 0 Å². The van der Waals surface area contributed by atoms with Gasteiger partial charge in [0.1, 0.15) is 0 Å². The Kier molecular flexibility index (Phi) is 5.05. The highest BCUT2D eigenvalue weighted by molar-refractivity contribution is 7.82. The highest BCUT2D eigenvalue weighted by Crippen LogP contribution is 2.20. The molecule has 0 spiro atoms. The zero-order valence-corrected chi connectivity index (χ0v) is 11.9. The van der Waals surface area contributed by atoms with Crippen molar-refractivity contribution in [2.24, 2.45) is 0 Å². The molecule has 0 aliphatic rings. The second kappa shape index (κ2) is 7.20. The third kappa shape index (κ3) is 4.15. The molecular formula is C14H14N4O2S. The molecule has 0 saturated heterocycles. The quantitative estimate of drug-likeness (QED) is 0.390. The third-order valence-electron chi connectivity index (χ3n) is 2.60. The molecule has 0 saturated carbocycles. The fraction of sp³-hybridized carbons (Fsp3) is 0. The first-order valence-electron chi connectivity index (χ1n) is 6.11. The Bertz CT molecular complexity index is 604. The van der Waals surface area contributed by atoms with E-state index in [4.69, 9.17) is 0 Å². The highest BCUT2D eigenvalue weighted by Gasteiger charge is 2.11. The van der Waals surface area contributed by atoms with E-state index in [1.807, 2.05) is 18.2 Å². The van der Waals surface area contributed by atoms with E-state index in [9.17, 15) is 9.59 Å². The molecule has 2 aromatic carbocycles. The first kappa shape index (κ1) is 14.7. The fourth-order valence-corrected chi connectivity index (χ4v) is 1.80. The van der Waals surface area contributed by atoms with E-state index in [0.717, 1.165) is 0 Å². The first-order valence-corrected chi connectivity index (χ1v) is 6.51. The van der Waals surface area contributed by atoms with Crippen LogP contribution in [0, 0.1) is 0 Å². The van der Waals surface area contributed by atoms with Crippen molar-refractivity contribution in [2.75, 3.05) is 15.0 Å². The van der Waals surface area contributed by atoms with E-state index in [1.54, 1.807) is 36.4 Å². The lowest BCUT2D eigenvalue weighted by Crippen LogP contribution is -2.26. The summed E-state index contributed by atoms with van der Waals surface area (Å²) < 4.78 is 1.20. The molecule has 3 amide bonds. The van der Waals surface area contributed by atoms with E-state index in [2.05, 4.69) is 29.0 Å². The van der Waals surface area contributed by atoms with Crippen LogP contribution >= 0.6 is 12.8 Å². The molecule has 108 valence electrons. The van der Waals surface area contributed by atoms with Gasteiger partial charge in [0.05, 0.1) is 11.4 Å². The molecule has 21 heavy (non-hydrogen) atoms. The molecule has 2 aromatic rings. The molecule has 0 aromatic heterocycles. The van der Waals surface area contributed by atoms with Crippen LogP contribution in [0.25, 0.3) is 0 Å². The van der Waals surface area contributed by atoms with E-state index >= 15 is 0 Å². The lowest BCUT2D eigenvalue weighted by Gasteiger charge is -2.17. The number of carbonyl (C=O) groups excluding carboxylic acids is 2. The van der Waals surface area contributed by atoms with Crippen molar-refractivity contribution in [3.05, 3.63) is 54.6 Å². The number of nitrogens with zero attached hydrogens (tertiary/aromatic N) is 1. The Morgan fingerprint density at radius 3 is 2.29 bits per heavy atom. The molecule has 0 radical (unpaired) electrons. The minimum Gasteiger partial charge on any atom is -0.307 e. The second-order valence-electron chi connectivity index (χ2n) is 4.04. The summed E-state index contributed by atoms with van der Waals surface area (Å²) in [5.74, 6) is 0. The lowest BCUT2D eigenvalue weighted by atomic mass is 10.3. The summed E-state index contributed by atoms with van der Waals surface area (Å²) in [5.41, 5.74) is 6.97. The normalized spacial score (nSPS) is 9.57. The zero-order chi connectivity index (χ0) is 15.1. The highest BCUT2D eigenvalue weighted by atomic mass is 32.1. The summed E-state index contributed by atoms with van der Waals surface area (Å²) >= 11 is 4.18. The van der Waals surface area contributed by atoms with Crippen molar-refractivity contribution in [1.29, 1.82) is 0 Å². The topological polar surface area (TPSA) is 73.5 Å². The lowest BCUT2D eigenvalue weighted by molar-refractivity contribution is -0.109. The van der Waals surface area contributed by atoms with Gasteiger partial charge in [-0.1, -0.05) is 31.0 Å². The Morgan fingerprint density at radius 1 is 1.00 bits per heavy atom. The summed E-state index contributed by atoms with van der Waals surface area (Å²) in [6.45, 7) is 0. The van der Waals surface area contributed by atoms with Crippen molar-refractivity contribution in [2.45, 2.75) is 0 Å². The summed E-state index contributed by atoms with van der Waals surface area (Å²) in [4.78, 5) is 22.2. The number of hydrogen-bond acceptors (Lipinski definition) is 4. The maximum Gasteiger partial charge on any atom is 0.336 e. The molecule has 0 aliphatic heterocycles. The summed E-state index contributed by atoms with van der Waals surface area (Å²) in [7, 11) is 0. The van der Waals surface area contributed by atoms with Crippen LogP contribution < -0.4 is 20.5 Å². The molecule has 0 atom stereocenters. The first-order chi connectivity index (χ1) is 10.2. The number of hydrogen-bond donors (Lipinski definition) is 4. The van der Waals surface area contributed by atoms with Crippen LogP contribution in [0.5, 0.6) is 0 Å². The van der Waals surface area contributed by atoms with Crippen LogP contribution in [0.4, 0.5) is 21.9 Å². The predicted molar refractivity (Wildman–Crippen MR) is 86.2 cm³/mol. The van der Waals surface area contributed by atoms with Gasteiger partial charge in [-0.15, -0.1) is 0 Å². The molecule has 0 bridgehead atoms.